The van der Waals surface area contributed by atoms with Crippen molar-refractivity contribution in [2.45, 2.75) is 45.1 Å². The van der Waals surface area contributed by atoms with Gasteiger partial charge in [-0.25, -0.2) is 8.42 Å². The largest absolute Gasteiger partial charge is 0.313 e. The second-order valence-electron chi connectivity index (χ2n) is 5.38. The van der Waals surface area contributed by atoms with E-state index in [0.29, 0.717) is 23.5 Å². The highest BCUT2D eigenvalue weighted by Crippen LogP contribution is 2.28. The highest BCUT2D eigenvalue weighted by atomic mass is 32.2. The summed E-state index contributed by atoms with van der Waals surface area (Å²) in [4.78, 5) is 0. The molecule has 1 N–H and O–H groups in total. The molecule has 1 saturated heterocycles. The summed E-state index contributed by atoms with van der Waals surface area (Å²) in [5.41, 5.74) is 0. The molecular weight excluding hydrogens is 222 g/mol. The van der Waals surface area contributed by atoms with Gasteiger partial charge in [0.15, 0.2) is 9.84 Å². The summed E-state index contributed by atoms with van der Waals surface area (Å²) in [6, 6.07) is 0.647. The van der Waals surface area contributed by atoms with Gasteiger partial charge in [0.2, 0.25) is 0 Å². The van der Waals surface area contributed by atoms with Gasteiger partial charge in [-0.3, -0.25) is 0 Å². The lowest BCUT2D eigenvalue weighted by atomic mass is 10.00. The zero-order valence-corrected chi connectivity index (χ0v) is 10.9. The Morgan fingerprint density at radius 1 is 1.25 bits per heavy atom. The Bertz CT molecular complexity index is 326. The van der Waals surface area contributed by atoms with E-state index in [1.165, 1.54) is 25.7 Å². The molecule has 0 aromatic carbocycles. The minimum Gasteiger partial charge on any atom is -0.313 e. The van der Waals surface area contributed by atoms with Crippen molar-refractivity contribution in [1.29, 1.82) is 0 Å². The Balaban J connectivity index is 1.76. The molecule has 16 heavy (non-hydrogen) atoms. The van der Waals surface area contributed by atoms with Crippen LogP contribution in [0.3, 0.4) is 0 Å². The van der Waals surface area contributed by atoms with Crippen LogP contribution in [0.5, 0.6) is 0 Å². The van der Waals surface area contributed by atoms with Gasteiger partial charge < -0.3 is 5.32 Å². The molecule has 2 aliphatic rings. The average Bonchev–Trinajstić information content (AvgIpc) is 2.81. The molecule has 3 unspecified atom stereocenters. The van der Waals surface area contributed by atoms with E-state index in [0.717, 1.165) is 18.9 Å². The van der Waals surface area contributed by atoms with Crippen molar-refractivity contribution < 1.29 is 8.42 Å². The monoisotopic (exact) mass is 245 g/mol. The number of nitrogens with one attached hydrogen (secondary N) is 1. The highest BCUT2D eigenvalue weighted by Gasteiger charge is 2.30. The predicted molar refractivity (Wildman–Crippen MR) is 66.2 cm³/mol. The Morgan fingerprint density at radius 3 is 2.69 bits per heavy atom. The number of hydrogen-bond acceptors (Lipinski definition) is 3. The molecule has 3 nitrogen and oxygen atoms in total. The molecule has 3 atom stereocenters. The van der Waals surface area contributed by atoms with E-state index in [9.17, 15) is 8.42 Å². The van der Waals surface area contributed by atoms with Crippen LogP contribution in [-0.4, -0.2) is 32.5 Å². The third-order valence-electron chi connectivity index (χ3n) is 4.18. The summed E-state index contributed by atoms with van der Waals surface area (Å²) < 4.78 is 22.7. The minimum absolute atomic E-state index is 0.364. The molecule has 0 spiro atoms. The molecule has 4 heteroatoms. The fraction of sp³-hybridized carbons (Fsp3) is 1.00. The maximum absolute atomic E-state index is 11.3. The Kier molecular flexibility index (Phi) is 3.90. The van der Waals surface area contributed by atoms with Crippen molar-refractivity contribution in [3.05, 3.63) is 0 Å². The molecular formula is C12H23NO2S. The summed E-state index contributed by atoms with van der Waals surface area (Å²) in [5, 5.41) is 3.60. The molecule has 1 aliphatic heterocycles. The van der Waals surface area contributed by atoms with E-state index in [2.05, 4.69) is 12.2 Å². The number of rotatable bonds is 4. The summed E-state index contributed by atoms with van der Waals surface area (Å²) in [5.74, 6) is 1.99. The topological polar surface area (TPSA) is 46.2 Å². The van der Waals surface area contributed by atoms with Crippen LogP contribution >= 0.6 is 0 Å². The van der Waals surface area contributed by atoms with Crippen LogP contribution in [-0.2, 0) is 9.84 Å². The molecule has 1 aliphatic carbocycles. The summed E-state index contributed by atoms with van der Waals surface area (Å²) >= 11 is 0. The van der Waals surface area contributed by atoms with Crippen LogP contribution in [0.4, 0.5) is 0 Å². The molecule has 0 radical (unpaired) electrons. The van der Waals surface area contributed by atoms with E-state index in [1.807, 2.05) is 0 Å². The fourth-order valence-corrected chi connectivity index (χ4v) is 5.01. The van der Waals surface area contributed by atoms with Gasteiger partial charge in [-0.15, -0.1) is 0 Å². The number of hydrogen-bond donors (Lipinski definition) is 1. The van der Waals surface area contributed by atoms with Gasteiger partial charge in [0, 0.05) is 6.04 Å². The van der Waals surface area contributed by atoms with Gasteiger partial charge >= 0.3 is 0 Å². The summed E-state index contributed by atoms with van der Waals surface area (Å²) in [6.45, 7) is 3.16. The van der Waals surface area contributed by atoms with Crippen LogP contribution in [0.25, 0.3) is 0 Å². The molecule has 0 amide bonds. The van der Waals surface area contributed by atoms with Crippen molar-refractivity contribution in [1.82, 2.24) is 5.32 Å². The molecule has 2 fully saturated rings. The van der Waals surface area contributed by atoms with Crippen LogP contribution in [0.2, 0.25) is 0 Å². The van der Waals surface area contributed by atoms with E-state index in [4.69, 9.17) is 0 Å². The van der Waals surface area contributed by atoms with Crippen molar-refractivity contribution in [3.63, 3.8) is 0 Å². The lowest BCUT2D eigenvalue weighted by Gasteiger charge is -2.21. The first-order valence-electron chi connectivity index (χ1n) is 6.54. The smallest absolute Gasteiger partial charge is 0.150 e. The Labute approximate surface area is 98.9 Å². The van der Waals surface area contributed by atoms with E-state index < -0.39 is 9.84 Å². The van der Waals surface area contributed by atoms with Gasteiger partial charge in [-0.05, 0) is 37.6 Å². The fourth-order valence-electron chi connectivity index (χ4n) is 3.15. The van der Waals surface area contributed by atoms with Crippen molar-refractivity contribution in [3.8, 4) is 0 Å². The number of sulfone groups is 1. The second-order valence-corrected chi connectivity index (χ2v) is 7.61. The highest BCUT2D eigenvalue weighted by molar-refractivity contribution is 7.91. The zero-order valence-electron chi connectivity index (χ0n) is 10.1. The molecule has 0 aromatic rings. The third-order valence-corrected chi connectivity index (χ3v) is 6.02. The first kappa shape index (κ1) is 12.4. The van der Waals surface area contributed by atoms with Gasteiger partial charge in [0.25, 0.3) is 0 Å². The van der Waals surface area contributed by atoms with E-state index in [-0.39, 0.29) is 0 Å². The first-order valence-corrected chi connectivity index (χ1v) is 8.36. The lowest BCUT2D eigenvalue weighted by molar-refractivity contribution is 0.367. The summed E-state index contributed by atoms with van der Waals surface area (Å²) in [6.07, 6.45) is 6.06. The molecule has 0 bridgehead atoms. The standard InChI is InChI=1S/C12H23NO2S/c1-2-11-4-3-5-12(11)13-8-10-6-7-16(14,15)9-10/h10-13H,2-9H2,1H3. The van der Waals surface area contributed by atoms with Crippen LogP contribution in [0.15, 0.2) is 0 Å². The molecule has 2 rings (SSSR count). The average molecular weight is 245 g/mol. The van der Waals surface area contributed by atoms with Crippen LogP contribution in [0, 0.1) is 11.8 Å². The van der Waals surface area contributed by atoms with Crippen LogP contribution < -0.4 is 5.32 Å². The Morgan fingerprint density at radius 2 is 2.06 bits per heavy atom. The maximum atomic E-state index is 11.3. The summed E-state index contributed by atoms with van der Waals surface area (Å²) in [7, 11) is -2.70. The van der Waals surface area contributed by atoms with Gasteiger partial charge in [0.05, 0.1) is 11.5 Å². The van der Waals surface area contributed by atoms with Crippen molar-refractivity contribution >= 4 is 9.84 Å². The molecule has 94 valence electrons. The SMILES string of the molecule is CCC1CCCC1NCC1CCS(=O)(=O)C1. The van der Waals surface area contributed by atoms with Crippen LogP contribution in [0.1, 0.15) is 39.0 Å². The molecule has 1 saturated carbocycles. The first-order chi connectivity index (χ1) is 7.61. The molecule has 1 heterocycles. The van der Waals surface area contributed by atoms with E-state index >= 15 is 0 Å². The molecule has 0 aromatic heterocycles. The predicted octanol–water partition coefficient (Wildman–Crippen LogP) is 1.59. The van der Waals surface area contributed by atoms with Crippen molar-refractivity contribution in [2.24, 2.45) is 11.8 Å². The maximum Gasteiger partial charge on any atom is 0.150 e. The van der Waals surface area contributed by atoms with Gasteiger partial charge in [0.1, 0.15) is 0 Å². The van der Waals surface area contributed by atoms with Gasteiger partial charge in [-0.1, -0.05) is 19.8 Å². The minimum atomic E-state index is -2.70. The zero-order chi connectivity index (χ0) is 11.6. The van der Waals surface area contributed by atoms with E-state index in [1.54, 1.807) is 0 Å². The van der Waals surface area contributed by atoms with Crippen molar-refractivity contribution in [2.75, 3.05) is 18.1 Å². The quantitative estimate of drug-likeness (QED) is 0.818. The third kappa shape index (κ3) is 2.98. The van der Waals surface area contributed by atoms with Gasteiger partial charge in [-0.2, -0.15) is 0 Å². The normalized spacial score (nSPS) is 37.9. The Hall–Kier alpha value is -0.0900. The second kappa shape index (κ2) is 5.05. The lowest BCUT2D eigenvalue weighted by Crippen LogP contribution is -2.36.